The quantitative estimate of drug-likeness (QED) is 0.755. The van der Waals surface area contributed by atoms with E-state index in [-0.39, 0.29) is 24.2 Å². The molecule has 1 aromatic carbocycles. The van der Waals surface area contributed by atoms with E-state index in [2.05, 4.69) is 21.2 Å². The van der Waals surface area contributed by atoms with Crippen LogP contribution in [0.15, 0.2) is 34.8 Å². The van der Waals surface area contributed by atoms with Gasteiger partial charge in [-0.2, -0.15) is 0 Å². The molecule has 2 nitrogen and oxygen atoms in total. The summed E-state index contributed by atoms with van der Waals surface area (Å²) >= 11 is 10.5. The summed E-state index contributed by atoms with van der Waals surface area (Å²) in [7, 11) is 0. The molecule has 1 aromatic heterocycles. The Morgan fingerprint density at radius 1 is 1.43 bits per heavy atom. The summed E-state index contributed by atoms with van der Waals surface area (Å²) in [4.78, 5) is 12.9. The topological polar surface area (TPSA) is 29.1 Å². The molecule has 0 aliphatic heterocycles. The highest BCUT2D eigenvalue weighted by Crippen LogP contribution is 2.26. The number of rotatable bonds is 5. The van der Waals surface area contributed by atoms with E-state index in [4.69, 9.17) is 11.6 Å². The van der Waals surface area contributed by atoms with Gasteiger partial charge in [0.2, 0.25) is 5.91 Å². The Kier molecular flexibility index (Phi) is 5.79. The number of thiophene rings is 1. The van der Waals surface area contributed by atoms with Crippen molar-refractivity contribution in [3.8, 4) is 0 Å². The molecular weight excluding hydrogens is 377 g/mol. The molecule has 0 fully saturated rings. The summed E-state index contributed by atoms with van der Waals surface area (Å²) in [6, 6.07) is 8.48. The smallest absolute Gasteiger partial charge is 0.220 e. The molecule has 0 radical (unpaired) electrons. The molecule has 0 aliphatic rings. The fourth-order valence-electron chi connectivity index (χ4n) is 1.92. The van der Waals surface area contributed by atoms with Gasteiger partial charge in [-0.25, -0.2) is 4.39 Å². The highest BCUT2D eigenvalue weighted by molar-refractivity contribution is 9.10. The molecule has 1 unspecified atom stereocenters. The van der Waals surface area contributed by atoms with E-state index in [1.54, 1.807) is 18.2 Å². The van der Waals surface area contributed by atoms with Crippen molar-refractivity contribution in [1.82, 2.24) is 5.32 Å². The first-order valence-electron chi connectivity index (χ1n) is 6.44. The van der Waals surface area contributed by atoms with E-state index < -0.39 is 0 Å². The third-order valence-electron chi connectivity index (χ3n) is 3.03. The van der Waals surface area contributed by atoms with Gasteiger partial charge in [-0.1, -0.05) is 33.6 Å². The summed E-state index contributed by atoms with van der Waals surface area (Å²) in [5, 5.41) is 2.89. The van der Waals surface area contributed by atoms with Gasteiger partial charge in [-0.15, -0.1) is 11.3 Å². The summed E-state index contributed by atoms with van der Waals surface area (Å²) in [5.74, 6) is -0.399. The summed E-state index contributed by atoms with van der Waals surface area (Å²) in [6.45, 7) is 1.90. The van der Waals surface area contributed by atoms with E-state index in [1.165, 1.54) is 17.4 Å². The molecule has 0 bridgehead atoms. The highest BCUT2D eigenvalue weighted by atomic mass is 79.9. The minimum Gasteiger partial charge on any atom is -0.349 e. The zero-order chi connectivity index (χ0) is 15.4. The van der Waals surface area contributed by atoms with Gasteiger partial charge in [0.1, 0.15) is 5.82 Å². The zero-order valence-electron chi connectivity index (χ0n) is 11.3. The van der Waals surface area contributed by atoms with Gasteiger partial charge in [0, 0.05) is 15.8 Å². The van der Waals surface area contributed by atoms with Crippen LogP contribution in [0.2, 0.25) is 4.34 Å². The first-order chi connectivity index (χ1) is 9.95. The molecule has 2 aromatic rings. The number of hydrogen-bond acceptors (Lipinski definition) is 2. The Hall–Kier alpha value is -0.910. The number of carbonyl (C=O) groups excluding carboxylic acids is 1. The van der Waals surface area contributed by atoms with Crippen molar-refractivity contribution in [2.24, 2.45) is 0 Å². The van der Waals surface area contributed by atoms with Gasteiger partial charge in [0.25, 0.3) is 0 Å². The van der Waals surface area contributed by atoms with Crippen LogP contribution in [0.1, 0.15) is 29.8 Å². The van der Waals surface area contributed by atoms with Crippen LogP contribution in [-0.4, -0.2) is 5.91 Å². The van der Waals surface area contributed by atoms with Crippen molar-refractivity contribution in [1.29, 1.82) is 0 Å². The Labute approximate surface area is 140 Å². The molecule has 0 spiro atoms. The SMILES string of the molecule is CC(NC(=O)CCc1ccc(Br)cc1F)c1ccc(Cl)s1. The number of halogens is 3. The van der Waals surface area contributed by atoms with Crippen molar-refractivity contribution in [2.45, 2.75) is 25.8 Å². The van der Waals surface area contributed by atoms with Gasteiger partial charge in [-0.3, -0.25) is 4.79 Å². The van der Waals surface area contributed by atoms with Crippen LogP contribution in [0.5, 0.6) is 0 Å². The van der Waals surface area contributed by atoms with Crippen molar-refractivity contribution in [3.63, 3.8) is 0 Å². The van der Waals surface area contributed by atoms with E-state index in [9.17, 15) is 9.18 Å². The van der Waals surface area contributed by atoms with Crippen molar-refractivity contribution >= 4 is 44.8 Å². The number of aryl methyl sites for hydroxylation is 1. The number of carbonyl (C=O) groups is 1. The Morgan fingerprint density at radius 3 is 2.81 bits per heavy atom. The Bertz CT molecular complexity index is 646. The molecule has 1 N–H and O–H groups in total. The van der Waals surface area contributed by atoms with Crippen LogP contribution in [0.25, 0.3) is 0 Å². The molecule has 2 rings (SSSR count). The van der Waals surface area contributed by atoms with Crippen molar-refractivity contribution < 1.29 is 9.18 Å². The monoisotopic (exact) mass is 389 g/mol. The van der Waals surface area contributed by atoms with E-state index in [1.807, 2.05) is 13.0 Å². The summed E-state index contributed by atoms with van der Waals surface area (Å²) < 4.78 is 15.0. The lowest BCUT2D eigenvalue weighted by Crippen LogP contribution is -2.26. The first kappa shape index (κ1) is 16.5. The Balaban J connectivity index is 1.87. The number of amides is 1. The molecule has 0 saturated carbocycles. The van der Waals surface area contributed by atoms with Gasteiger partial charge in [0.15, 0.2) is 0 Å². The normalized spacial score (nSPS) is 12.2. The zero-order valence-corrected chi connectivity index (χ0v) is 14.5. The van der Waals surface area contributed by atoms with E-state index in [0.717, 1.165) is 4.88 Å². The molecule has 1 heterocycles. The molecule has 0 saturated heterocycles. The van der Waals surface area contributed by atoms with Gasteiger partial charge in [0.05, 0.1) is 10.4 Å². The van der Waals surface area contributed by atoms with Gasteiger partial charge >= 0.3 is 0 Å². The molecule has 0 aliphatic carbocycles. The summed E-state index contributed by atoms with van der Waals surface area (Å²) in [6.07, 6.45) is 0.630. The predicted molar refractivity (Wildman–Crippen MR) is 88.3 cm³/mol. The second-order valence-corrected chi connectivity index (χ2v) is 7.33. The van der Waals surface area contributed by atoms with Crippen molar-refractivity contribution in [2.75, 3.05) is 0 Å². The minimum atomic E-state index is -0.296. The second kappa shape index (κ2) is 7.38. The number of hydrogen-bond donors (Lipinski definition) is 1. The lowest BCUT2D eigenvalue weighted by molar-refractivity contribution is -0.121. The third kappa shape index (κ3) is 4.80. The van der Waals surface area contributed by atoms with E-state index in [0.29, 0.717) is 20.8 Å². The predicted octanol–water partition coefficient (Wildman–Crippen LogP) is 5.11. The lowest BCUT2D eigenvalue weighted by atomic mass is 10.1. The maximum atomic E-state index is 13.7. The largest absolute Gasteiger partial charge is 0.349 e. The van der Waals surface area contributed by atoms with E-state index >= 15 is 0 Å². The molecule has 6 heteroatoms. The fraction of sp³-hybridized carbons (Fsp3) is 0.267. The lowest BCUT2D eigenvalue weighted by Gasteiger charge is -2.12. The van der Waals surface area contributed by atoms with Gasteiger partial charge in [-0.05, 0) is 43.2 Å². The first-order valence-corrected chi connectivity index (χ1v) is 8.43. The second-order valence-electron chi connectivity index (χ2n) is 4.67. The van der Waals surface area contributed by atoms with Crippen LogP contribution in [0, 0.1) is 5.82 Å². The van der Waals surface area contributed by atoms with Crippen LogP contribution < -0.4 is 5.32 Å². The molecular formula is C15H14BrClFNOS. The molecule has 112 valence electrons. The standard InChI is InChI=1S/C15H14BrClFNOS/c1-9(13-5-6-14(17)21-13)19-15(20)7-3-10-2-4-11(16)8-12(10)18/h2,4-6,8-9H,3,7H2,1H3,(H,19,20). The third-order valence-corrected chi connectivity index (χ3v) is 4.94. The molecule has 21 heavy (non-hydrogen) atoms. The van der Waals surface area contributed by atoms with Crippen molar-refractivity contribution in [3.05, 3.63) is 55.4 Å². The maximum Gasteiger partial charge on any atom is 0.220 e. The van der Waals surface area contributed by atoms with Crippen LogP contribution in [0.3, 0.4) is 0 Å². The highest BCUT2D eigenvalue weighted by Gasteiger charge is 2.12. The van der Waals surface area contributed by atoms with Crippen LogP contribution in [-0.2, 0) is 11.2 Å². The number of benzene rings is 1. The summed E-state index contributed by atoms with van der Waals surface area (Å²) in [5.41, 5.74) is 0.542. The van der Waals surface area contributed by atoms with Gasteiger partial charge < -0.3 is 5.32 Å². The molecule has 1 atom stereocenters. The fourth-order valence-corrected chi connectivity index (χ4v) is 3.31. The average molecular weight is 391 g/mol. The minimum absolute atomic E-state index is 0.0928. The van der Waals surface area contributed by atoms with Crippen LogP contribution in [0.4, 0.5) is 4.39 Å². The Morgan fingerprint density at radius 2 is 2.19 bits per heavy atom. The van der Waals surface area contributed by atoms with Crippen LogP contribution >= 0.6 is 38.9 Å². The average Bonchev–Trinajstić information content (AvgIpc) is 2.84. The number of nitrogens with one attached hydrogen (secondary N) is 1. The maximum absolute atomic E-state index is 13.7. The molecule has 1 amide bonds.